The molecule has 0 amide bonds. The average molecular weight is 383 g/mol. The van der Waals surface area contributed by atoms with Crippen molar-refractivity contribution >= 4 is 58.8 Å². The minimum atomic E-state index is -3.86. The number of aromatic nitrogens is 2. The van der Waals surface area contributed by atoms with E-state index < -0.39 is 9.05 Å². The van der Waals surface area contributed by atoms with Gasteiger partial charge in [-0.25, -0.2) is 13.4 Å². The second-order valence-corrected chi connectivity index (χ2v) is 7.12. The Kier molecular flexibility index (Phi) is 4.29. The molecule has 0 saturated heterocycles. The van der Waals surface area contributed by atoms with Crippen LogP contribution in [0.15, 0.2) is 39.8 Å². The predicted octanol–water partition coefficient (Wildman–Crippen LogP) is 3.56. The maximum Gasteiger partial charge on any atom is 0.263 e. The lowest BCUT2D eigenvalue weighted by molar-refractivity contribution is 0.610. The first kappa shape index (κ1) is 14.5. The van der Waals surface area contributed by atoms with Crippen LogP contribution < -0.4 is 5.32 Å². The highest BCUT2D eigenvalue weighted by Crippen LogP contribution is 2.29. The first-order valence-corrected chi connectivity index (χ1v) is 8.35. The largest absolute Gasteiger partial charge is 0.338 e. The molecule has 0 bridgehead atoms. The second-order valence-electron chi connectivity index (χ2n) is 3.39. The fourth-order valence-electron chi connectivity index (χ4n) is 1.34. The molecule has 5 nitrogen and oxygen atoms in total. The predicted molar refractivity (Wildman–Crippen MR) is 77.5 cm³/mol. The van der Waals surface area contributed by atoms with Crippen LogP contribution in [0.1, 0.15) is 0 Å². The minimum Gasteiger partial charge on any atom is -0.338 e. The van der Waals surface area contributed by atoms with Crippen LogP contribution in [0.25, 0.3) is 0 Å². The zero-order valence-electron chi connectivity index (χ0n) is 9.14. The van der Waals surface area contributed by atoms with Crippen molar-refractivity contribution in [2.45, 2.75) is 4.90 Å². The number of para-hydroxylation sites is 1. The molecule has 0 aliphatic rings. The molecule has 1 aromatic carbocycles. The standard InChI is InChI=1S/C10H6BrCl2N3O2S/c11-6-5-14-10(12)16-9(6)15-7-3-1-2-4-8(7)19(13,17)18/h1-5H,(H,14,15,16). The number of benzene rings is 1. The number of nitrogens with zero attached hydrogens (tertiary/aromatic N) is 2. The Morgan fingerprint density at radius 2 is 1.95 bits per heavy atom. The van der Waals surface area contributed by atoms with E-state index in [2.05, 4.69) is 31.2 Å². The number of halogens is 3. The fraction of sp³-hybridized carbons (Fsp3) is 0. The van der Waals surface area contributed by atoms with Gasteiger partial charge < -0.3 is 5.32 Å². The van der Waals surface area contributed by atoms with E-state index in [1.54, 1.807) is 18.2 Å². The lowest BCUT2D eigenvalue weighted by Crippen LogP contribution is -2.01. The van der Waals surface area contributed by atoms with Crippen LogP contribution >= 0.6 is 38.2 Å². The molecule has 9 heteroatoms. The Morgan fingerprint density at radius 1 is 1.26 bits per heavy atom. The van der Waals surface area contributed by atoms with E-state index in [-0.39, 0.29) is 10.2 Å². The van der Waals surface area contributed by atoms with Crippen molar-refractivity contribution in [2.75, 3.05) is 5.32 Å². The van der Waals surface area contributed by atoms with Crippen molar-refractivity contribution < 1.29 is 8.42 Å². The Bertz CT molecular complexity index is 724. The highest BCUT2D eigenvalue weighted by molar-refractivity contribution is 9.10. The maximum atomic E-state index is 11.5. The Labute approximate surface area is 127 Å². The van der Waals surface area contributed by atoms with Gasteiger partial charge in [-0.2, -0.15) is 4.98 Å². The quantitative estimate of drug-likeness (QED) is 0.648. The summed E-state index contributed by atoms with van der Waals surface area (Å²) < 4.78 is 23.4. The van der Waals surface area contributed by atoms with Gasteiger partial charge in [0.25, 0.3) is 9.05 Å². The SMILES string of the molecule is O=S(=O)(Cl)c1ccccc1Nc1nc(Cl)ncc1Br. The highest BCUT2D eigenvalue weighted by atomic mass is 79.9. The lowest BCUT2D eigenvalue weighted by atomic mass is 10.3. The molecular weight excluding hydrogens is 377 g/mol. The average Bonchev–Trinajstić information content (AvgIpc) is 2.33. The molecule has 0 aliphatic heterocycles. The number of nitrogens with one attached hydrogen (secondary N) is 1. The van der Waals surface area contributed by atoms with Gasteiger partial charge in [-0.15, -0.1) is 0 Å². The molecule has 1 heterocycles. The van der Waals surface area contributed by atoms with Gasteiger partial charge in [-0.1, -0.05) is 12.1 Å². The molecule has 0 unspecified atom stereocenters. The van der Waals surface area contributed by atoms with Crippen LogP contribution in [-0.4, -0.2) is 18.4 Å². The van der Waals surface area contributed by atoms with Gasteiger partial charge in [0.15, 0.2) is 0 Å². The highest BCUT2D eigenvalue weighted by Gasteiger charge is 2.16. The zero-order valence-corrected chi connectivity index (χ0v) is 13.1. The summed E-state index contributed by atoms with van der Waals surface area (Å²) in [7, 11) is 1.50. The monoisotopic (exact) mass is 381 g/mol. The topological polar surface area (TPSA) is 72.0 Å². The summed E-state index contributed by atoms with van der Waals surface area (Å²) in [5.41, 5.74) is 0.299. The van der Waals surface area contributed by atoms with E-state index in [4.69, 9.17) is 22.3 Å². The van der Waals surface area contributed by atoms with Crippen molar-refractivity contribution in [3.05, 3.63) is 40.2 Å². The molecule has 0 fully saturated rings. The number of hydrogen-bond donors (Lipinski definition) is 1. The van der Waals surface area contributed by atoms with Crippen molar-refractivity contribution in [2.24, 2.45) is 0 Å². The second kappa shape index (κ2) is 5.62. The molecule has 0 saturated carbocycles. The molecule has 0 aliphatic carbocycles. The van der Waals surface area contributed by atoms with Crippen molar-refractivity contribution in [3.63, 3.8) is 0 Å². The van der Waals surface area contributed by atoms with Gasteiger partial charge in [0.05, 0.1) is 10.2 Å². The van der Waals surface area contributed by atoms with E-state index in [0.29, 0.717) is 16.0 Å². The zero-order chi connectivity index (χ0) is 14.0. The van der Waals surface area contributed by atoms with Gasteiger partial charge >= 0.3 is 0 Å². The summed E-state index contributed by atoms with van der Waals surface area (Å²) in [6.07, 6.45) is 1.45. The summed E-state index contributed by atoms with van der Waals surface area (Å²) in [5.74, 6) is 0.341. The molecule has 0 radical (unpaired) electrons. The third kappa shape index (κ3) is 3.56. The molecule has 1 aromatic heterocycles. The summed E-state index contributed by atoms with van der Waals surface area (Å²) in [5, 5.41) is 2.88. The van der Waals surface area contributed by atoms with Gasteiger partial charge in [-0.3, -0.25) is 0 Å². The maximum absolute atomic E-state index is 11.5. The molecule has 0 spiro atoms. The smallest absolute Gasteiger partial charge is 0.263 e. The number of rotatable bonds is 3. The van der Waals surface area contributed by atoms with E-state index in [9.17, 15) is 8.42 Å². The van der Waals surface area contributed by atoms with Gasteiger partial charge in [0.1, 0.15) is 10.7 Å². The third-order valence-corrected chi connectivity index (χ3v) is 4.26. The molecule has 2 aromatic rings. The van der Waals surface area contributed by atoms with E-state index in [1.807, 2.05) is 0 Å². The van der Waals surface area contributed by atoms with Gasteiger partial charge in [-0.05, 0) is 39.7 Å². The van der Waals surface area contributed by atoms with Gasteiger partial charge in [0, 0.05) is 16.9 Å². The molecule has 19 heavy (non-hydrogen) atoms. The van der Waals surface area contributed by atoms with E-state index in [0.717, 1.165) is 0 Å². The summed E-state index contributed by atoms with van der Waals surface area (Å²) in [6.45, 7) is 0. The Morgan fingerprint density at radius 3 is 2.63 bits per heavy atom. The third-order valence-electron chi connectivity index (χ3n) is 2.12. The van der Waals surface area contributed by atoms with Crippen LogP contribution in [0.4, 0.5) is 11.5 Å². The normalized spacial score (nSPS) is 11.3. The van der Waals surface area contributed by atoms with Gasteiger partial charge in [0.2, 0.25) is 5.28 Å². The minimum absolute atomic E-state index is 0.0388. The first-order valence-electron chi connectivity index (χ1n) is 4.86. The molecule has 0 atom stereocenters. The number of anilines is 2. The Hall–Kier alpha value is -0.890. The Balaban J connectivity index is 2.47. The van der Waals surface area contributed by atoms with Crippen LogP contribution in [-0.2, 0) is 9.05 Å². The molecule has 1 N–H and O–H groups in total. The van der Waals surface area contributed by atoms with Crippen LogP contribution in [0, 0.1) is 0 Å². The van der Waals surface area contributed by atoms with Crippen molar-refractivity contribution in [1.82, 2.24) is 9.97 Å². The van der Waals surface area contributed by atoms with Crippen LogP contribution in [0.5, 0.6) is 0 Å². The summed E-state index contributed by atoms with van der Waals surface area (Å²) >= 11 is 8.92. The fourth-order valence-corrected chi connectivity index (χ4v) is 2.79. The summed E-state index contributed by atoms with van der Waals surface area (Å²) in [6, 6.07) is 6.20. The van der Waals surface area contributed by atoms with E-state index >= 15 is 0 Å². The summed E-state index contributed by atoms with van der Waals surface area (Å²) in [4.78, 5) is 7.68. The van der Waals surface area contributed by atoms with Crippen molar-refractivity contribution in [1.29, 1.82) is 0 Å². The van der Waals surface area contributed by atoms with Crippen LogP contribution in [0.2, 0.25) is 5.28 Å². The molecule has 100 valence electrons. The van der Waals surface area contributed by atoms with Crippen molar-refractivity contribution in [3.8, 4) is 0 Å². The molecule has 2 rings (SSSR count). The van der Waals surface area contributed by atoms with E-state index in [1.165, 1.54) is 12.3 Å². The molecular formula is C10H6BrCl2N3O2S. The lowest BCUT2D eigenvalue weighted by Gasteiger charge is -2.10. The van der Waals surface area contributed by atoms with Crippen LogP contribution in [0.3, 0.4) is 0 Å². The first-order chi connectivity index (χ1) is 8.88. The number of hydrogen-bond acceptors (Lipinski definition) is 5.